The van der Waals surface area contributed by atoms with Gasteiger partial charge in [0.2, 0.25) is 0 Å². The first kappa shape index (κ1) is 10.3. The number of ether oxygens (including phenoxy) is 1. The van der Waals surface area contributed by atoms with Gasteiger partial charge in [0.15, 0.2) is 0 Å². The van der Waals surface area contributed by atoms with Gasteiger partial charge >= 0.3 is 5.97 Å². The summed E-state index contributed by atoms with van der Waals surface area (Å²) in [5, 5.41) is 0. The number of amides is 1. The molecule has 0 unspecified atom stereocenters. The molecule has 1 aromatic rings. The number of hydrogen-bond acceptors (Lipinski definition) is 3. The van der Waals surface area contributed by atoms with Crippen LogP contribution in [-0.4, -0.2) is 23.5 Å². The van der Waals surface area contributed by atoms with Gasteiger partial charge in [-0.1, -0.05) is 0 Å². The van der Waals surface area contributed by atoms with Crippen molar-refractivity contribution >= 4 is 11.9 Å². The summed E-state index contributed by atoms with van der Waals surface area (Å²) in [7, 11) is 0. The maximum absolute atomic E-state index is 11.3. The molecule has 0 saturated carbocycles. The van der Waals surface area contributed by atoms with Crippen LogP contribution in [0.1, 0.15) is 33.3 Å². The first-order valence-corrected chi connectivity index (χ1v) is 4.22. The number of carbonyl (C=O) groups is 2. The molecule has 1 aromatic heterocycles. The Morgan fingerprint density at radius 3 is 2.64 bits per heavy atom. The zero-order valence-electron chi connectivity index (χ0n) is 8.09. The molecule has 0 fully saturated rings. The fraction of sp³-hybridized carbons (Fsp3) is 0.333. The topological polar surface area (TPSA) is 85.2 Å². The number of aromatic nitrogens is 1. The van der Waals surface area contributed by atoms with Gasteiger partial charge in [-0.2, -0.15) is 0 Å². The molecular formula is C9H12N2O3. The Labute approximate surface area is 81.2 Å². The summed E-state index contributed by atoms with van der Waals surface area (Å²) >= 11 is 0. The molecule has 5 nitrogen and oxygen atoms in total. The van der Waals surface area contributed by atoms with Crippen molar-refractivity contribution in [1.82, 2.24) is 4.98 Å². The van der Waals surface area contributed by atoms with Crippen molar-refractivity contribution in [1.29, 1.82) is 0 Å². The number of H-pyrrole nitrogens is 1. The van der Waals surface area contributed by atoms with E-state index in [1.165, 1.54) is 6.20 Å². The maximum atomic E-state index is 11.3. The molecule has 1 amide bonds. The Balaban J connectivity index is 3.00. The SMILES string of the molecule is CCOC(=O)c1c[nH]c(C(N)=O)c1C. The highest BCUT2D eigenvalue weighted by Crippen LogP contribution is 2.13. The minimum atomic E-state index is -0.585. The lowest BCUT2D eigenvalue weighted by Gasteiger charge is -1.99. The van der Waals surface area contributed by atoms with Crippen LogP contribution in [0, 0.1) is 6.92 Å². The van der Waals surface area contributed by atoms with Crippen LogP contribution in [0.2, 0.25) is 0 Å². The maximum Gasteiger partial charge on any atom is 0.339 e. The van der Waals surface area contributed by atoms with E-state index in [1.54, 1.807) is 13.8 Å². The molecule has 76 valence electrons. The predicted molar refractivity (Wildman–Crippen MR) is 50.0 cm³/mol. The van der Waals surface area contributed by atoms with E-state index in [9.17, 15) is 9.59 Å². The zero-order chi connectivity index (χ0) is 10.7. The third-order valence-corrected chi connectivity index (χ3v) is 1.88. The smallest absolute Gasteiger partial charge is 0.339 e. The van der Waals surface area contributed by atoms with Crippen LogP contribution in [-0.2, 0) is 4.74 Å². The highest BCUT2D eigenvalue weighted by Gasteiger charge is 2.17. The number of rotatable bonds is 3. The van der Waals surface area contributed by atoms with Crippen LogP contribution in [0.25, 0.3) is 0 Å². The molecule has 3 N–H and O–H groups in total. The van der Waals surface area contributed by atoms with Gasteiger partial charge in [0.05, 0.1) is 12.2 Å². The van der Waals surface area contributed by atoms with E-state index in [4.69, 9.17) is 10.5 Å². The molecular weight excluding hydrogens is 184 g/mol. The summed E-state index contributed by atoms with van der Waals surface area (Å²) in [6.07, 6.45) is 1.42. The van der Waals surface area contributed by atoms with Crippen molar-refractivity contribution in [2.24, 2.45) is 5.73 Å². The quantitative estimate of drug-likeness (QED) is 0.694. The third kappa shape index (κ3) is 1.76. The summed E-state index contributed by atoms with van der Waals surface area (Å²) in [5.41, 5.74) is 6.20. The van der Waals surface area contributed by atoms with Crippen LogP contribution in [0.4, 0.5) is 0 Å². The summed E-state index contributed by atoms with van der Waals surface area (Å²) in [5.74, 6) is -1.04. The average Bonchev–Trinajstić information content (AvgIpc) is 2.47. The monoisotopic (exact) mass is 196 g/mol. The van der Waals surface area contributed by atoms with Crippen LogP contribution in [0.15, 0.2) is 6.20 Å². The molecule has 0 aromatic carbocycles. The second-order valence-electron chi connectivity index (χ2n) is 2.79. The van der Waals surface area contributed by atoms with Gasteiger partial charge < -0.3 is 15.5 Å². The summed E-state index contributed by atoms with van der Waals surface area (Å²) < 4.78 is 4.79. The first-order valence-electron chi connectivity index (χ1n) is 4.22. The van der Waals surface area contributed by atoms with Crippen molar-refractivity contribution in [3.05, 3.63) is 23.0 Å². The molecule has 1 rings (SSSR count). The Morgan fingerprint density at radius 2 is 2.21 bits per heavy atom. The lowest BCUT2D eigenvalue weighted by atomic mass is 10.1. The highest BCUT2D eigenvalue weighted by molar-refractivity contribution is 5.98. The van der Waals surface area contributed by atoms with Gasteiger partial charge in [-0.05, 0) is 19.4 Å². The van der Waals surface area contributed by atoms with Crippen LogP contribution in [0.3, 0.4) is 0 Å². The van der Waals surface area contributed by atoms with E-state index >= 15 is 0 Å². The molecule has 0 saturated heterocycles. The molecule has 1 heterocycles. The zero-order valence-corrected chi connectivity index (χ0v) is 8.09. The fourth-order valence-electron chi connectivity index (χ4n) is 1.17. The van der Waals surface area contributed by atoms with Gasteiger partial charge in [0.1, 0.15) is 5.69 Å². The largest absolute Gasteiger partial charge is 0.462 e. The number of nitrogens with one attached hydrogen (secondary N) is 1. The van der Waals surface area contributed by atoms with Crippen molar-refractivity contribution in [2.45, 2.75) is 13.8 Å². The summed E-state index contributed by atoms with van der Waals surface area (Å²) in [6, 6.07) is 0. The van der Waals surface area contributed by atoms with E-state index in [-0.39, 0.29) is 5.69 Å². The predicted octanol–water partition coefficient (Wildman–Crippen LogP) is 0.599. The number of esters is 1. The average molecular weight is 196 g/mol. The second-order valence-corrected chi connectivity index (χ2v) is 2.79. The van der Waals surface area contributed by atoms with Gasteiger partial charge in [0, 0.05) is 6.20 Å². The van der Waals surface area contributed by atoms with E-state index < -0.39 is 11.9 Å². The minimum Gasteiger partial charge on any atom is -0.462 e. The van der Waals surface area contributed by atoms with Crippen molar-refractivity contribution in [2.75, 3.05) is 6.61 Å². The lowest BCUT2D eigenvalue weighted by molar-refractivity contribution is 0.0526. The standard InChI is InChI=1S/C9H12N2O3/c1-3-14-9(13)6-4-11-7(5(6)2)8(10)12/h4,11H,3H2,1-2H3,(H2,10,12). The third-order valence-electron chi connectivity index (χ3n) is 1.88. The van der Waals surface area contributed by atoms with Crippen molar-refractivity contribution in [3.8, 4) is 0 Å². The Hall–Kier alpha value is -1.78. The van der Waals surface area contributed by atoms with Crippen LogP contribution in [0.5, 0.6) is 0 Å². The van der Waals surface area contributed by atoms with E-state index in [0.717, 1.165) is 0 Å². The molecule has 5 heteroatoms. The normalized spacial score (nSPS) is 9.86. The Bertz CT molecular complexity index is 368. The Morgan fingerprint density at radius 1 is 1.57 bits per heavy atom. The summed E-state index contributed by atoms with van der Waals surface area (Å²) in [4.78, 5) is 24.8. The summed E-state index contributed by atoms with van der Waals surface area (Å²) in [6.45, 7) is 3.66. The van der Waals surface area contributed by atoms with Gasteiger partial charge in [-0.3, -0.25) is 4.79 Å². The number of carbonyl (C=O) groups excluding carboxylic acids is 2. The van der Waals surface area contributed by atoms with Crippen molar-refractivity contribution in [3.63, 3.8) is 0 Å². The van der Waals surface area contributed by atoms with E-state index in [1.807, 2.05) is 0 Å². The number of aromatic amines is 1. The van der Waals surface area contributed by atoms with Crippen LogP contribution < -0.4 is 5.73 Å². The molecule has 0 radical (unpaired) electrons. The van der Waals surface area contributed by atoms with Gasteiger partial charge in [-0.25, -0.2) is 4.79 Å². The van der Waals surface area contributed by atoms with E-state index in [0.29, 0.717) is 17.7 Å². The molecule has 0 atom stereocenters. The van der Waals surface area contributed by atoms with Crippen LogP contribution >= 0.6 is 0 Å². The number of hydrogen-bond donors (Lipinski definition) is 2. The second kappa shape index (κ2) is 3.95. The van der Waals surface area contributed by atoms with E-state index in [2.05, 4.69) is 4.98 Å². The number of primary amides is 1. The Kier molecular flexibility index (Phi) is 2.91. The fourth-order valence-corrected chi connectivity index (χ4v) is 1.17. The minimum absolute atomic E-state index is 0.244. The van der Waals surface area contributed by atoms with Gasteiger partial charge in [-0.15, -0.1) is 0 Å². The molecule has 0 spiro atoms. The highest BCUT2D eigenvalue weighted by atomic mass is 16.5. The number of nitrogens with two attached hydrogens (primary N) is 1. The molecule has 0 aliphatic carbocycles. The molecule has 0 aliphatic rings. The molecule has 0 aliphatic heterocycles. The van der Waals surface area contributed by atoms with Gasteiger partial charge in [0.25, 0.3) is 5.91 Å². The lowest BCUT2D eigenvalue weighted by Crippen LogP contribution is -2.13. The molecule has 14 heavy (non-hydrogen) atoms. The molecule has 0 bridgehead atoms. The van der Waals surface area contributed by atoms with Crippen molar-refractivity contribution < 1.29 is 14.3 Å². The first-order chi connectivity index (χ1) is 6.57.